The Kier molecular flexibility index (Phi) is 197. The zero-order valence-corrected chi connectivity index (χ0v) is 10.9. The fraction of sp³-hybridized carbons (Fsp3) is 0. The molecule has 0 saturated heterocycles. The van der Waals surface area contributed by atoms with Gasteiger partial charge in [-0.2, -0.15) is 0 Å². The topological polar surface area (TPSA) is 0 Å². The maximum absolute atomic E-state index is 0. The summed E-state index contributed by atoms with van der Waals surface area (Å²) in [5.41, 5.74) is 0. The van der Waals surface area contributed by atoms with Crippen LogP contribution in [0.4, 0.5) is 0 Å². The average Bonchev–Trinajstić information content (AvgIpc) is 0. The molecule has 0 aromatic heterocycles. The number of rotatable bonds is 0. The molecule has 0 unspecified atom stereocenters. The summed E-state index contributed by atoms with van der Waals surface area (Å²) in [4.78, 5) is 0. The van der Waals surface area contributed by atoms with Gasteiger partial charge in [0.15, 0.2) is 0 Å². The monoisotopic (exact) mass is 387 g/mol. The molecule has 0 heterocycles. The smallest absolute Gasteiger partial charge is 2.00 e. The van der Waals surface area contributed by atoms with Crippen molar-refractivity contribution in [2.45, 2.75) is 0 Å². The van der Waals surface area contributed by atoms with Crippen molar-refractivity contribution < 1.29 is 76.0 Å². The minimum absolute atomic E-state index is 0. The van der Waals surface area contributed by atoms with Crippen molar-refractivity contribution in [1.82, 2.24) is 0 Å². The largest absolute Gasteiger partial charge is 3.00 e. The zero-order chi connectivity index (χ0) is 0. The van der Waals surface area contributed by atoms with Gasteiger partial charge in [-0.15, -0.1) is 0 Å². The van der Waals surface area contributed by atoms with Crippen LogP contribution in [0.5, 0.6) is 0 Å². The van der Waals surface area contributed by atoms with E-state index < -0.39 is 0 Å². The van der Waals surface area contributed by atoms with Crippen molar-refractivity contribution in [3.05, 3.63) is 0 Å². The van der Waals surface area contributed by atoms with E-state index in [4.69, 9.17) is 0 Å². The third-order valence-electron chi connectivity index (χ3n) is 0. The van der Waals surface area contributed by atoms with Crippen molar-refractivity contribution in [3.63, 3.8) is 0 Å². The standard InChI is InChI=1S/La.3S.Sm/q+3;3*-2;+3. The fourth-order valence-corrected chi connectivity index (χ4v) is 0. The van der Waals surface area contributed by atoms with Crippen molar-refractivity contribution in [2.75, 3.05) is 0 Å². The van der Waals surface area contributed by atoms with E-state index in [0.29, 0.717) is 0 Å². The van der Waals surface area contributed by atoms with Crippen LogP contribution in [0.3, 0.4) is 0 Å². The van der Waals surface area contributed by atoms with Gasteiger partial charge in [0.05, 0.1) is 0 Å². The molecular formula is LaS3Sm. The summed E-state index contributed by atoms with van der Waals surface area (Å²) in [5, 5.41) is 0. The first-order valence-corrected chi connectivity index (χ1v) is 0. The second-order valence-electron chi connectivity index (χ2n) is 0. The molecule has 0 amide bonds. The Labute approximate surface area is 114 Å². The van der Waals surface area contributed by atoms with Gasteiger partial charge in [0.2, 0.25) is 0 Å². The van der Waals surface area contributed by atoms with Crippen molar-refractivity contribution in [3.8, 4) is 0 Å². The second-order valence-corrected chi connectivity index (χ2v) is 0. The maximum Gasteiger partial charge on any atom is 3.00 e. The van der Waals surface area contributed by atoms with Crippen LogP contribution in [-0.4, -0.2) is 0 Å². The van der Waals surface area contributed by atoms with Gasteiger partial charge < -0.3 is 40.5 Å². The van der Waals surface area contributed by atoms with Crippen molar-refractivity contribution in [1.29, 1.82) is 0 Å². The molecule has 0 bridgehead atoms. The van der Waals surface area contributed by atoms with Gasteiger partial charge in [0.1, 0.15) is 0 Å². The Morgan fingerprint density at radius 2 is 0.600 bits per heavy atom. The Bertz CT molecular complexity index is 6.85. The molecule has 0 N–H and O–H groups in total. The average molecular weight is 385 g/mol. The quantitative estimate of drug-likeness (QED) is 0.551. The first kappa shape index (κ1) is 38.4. The molecule has 0 aromatic rings. The molecule has 1 radical (unpaired) electrons. The summed E-state index contributed by atoms with van der Waals surface area (Å²) >= 11 is 0. The molecule has 0 aliphatic carbocycles. The fourth-order valence-electron chi connectivity index (χ4n) is 0. The van der Waals surface area contributed by atoms with Gasteiger partial charge >= 0.3 is 76.0 Å². The molecule has 0 rings (SSSR count). The summed E-state index contributed by atoms with van der Waals surface area (Å²) in [7, 11) is 0. The van der Waals surface area contributed by atoms with Crippen molar-refractivity contribution in [2.24, 2.45) is 0 Å². The molecule has 0 aliphatic heterocycles. The van der Waals surface area contributed by atoms with Gasteiger partial charge in [-0.05, 0) is 0 Å². The van der Waals surface area contributed by atoms with E-state index in [9.17, 15) is 0 Å². The number of hydrogen-bond acceptors (Lipinski definition) is 0. The SMILES string of the molecule is [La+3].[S-2].[S-2].[S-2].[Sm+3]. The zero-order valence-electron chi connectivity index (χ0n) is 2.21. The van der Waals surface area contributed by atoms with Crippen LogP contribution in [0.2, 0.25) is 0 Å². The minimum atomic E-state index is 0. The number of hydrogen-bond donors (Lipinski definition) is 0. The summed E-state index contributed by atoms with van der Waals surface area (Å²) in [6.07, 6.45) is 0. The Morgan fingerprint density at radius 1 is 0.600 bits per heavy atom. The van der Waals surface area contributed by atoms with E-state index in [2.05, 4.69) is 0 Å². The van der Waals surface area contributed by atoms with Crippen molar-refractivity contribution >= 4 is 40.5 Å². The molecule has 27 valence electrons. The van der Waals surface area contributed by atoms with Gasteiger partial charge in [0, 0.05) is 0 Å². The predicted molar refractivity (Wildman–Crippen MR) is 22.1 cm³/mol. The van der Waals surface area contributed by atoms with Crippen LogP contribution in [0, 0.1) is 76.0 Å². The maximum atomic E-state index is 0. The summed E-state index contributed by atoms with van der Waals surface area (Å²) in [6.45, 7) is 0. The van der Waals surface area contributed by atoms with Crippen LogP contribution < -0.4 is 0 Å². The normalized spacial score (nSPS) is 0. The van der Waals surface area contributed by atoms with Gasteiger partial charge in [-0.3, -0.25) is 0 Å². The van der Waals surface area contributed by atoms with E-state index >= 15 is 0 Å². The molecular weight excluding hydrogens is 385 g/mol. The molecule has 0 nitrogen and oxygen atoms in total. The Hall–Kier alpha value is 3.58. The first-order chi connectivity index (χ1) is 0. The molecule has 5 heteroatoms. The molecule has 0 fully saturated rings. The van der Waals surface area contributed by atoms with E-state index in [-0.39, 0.29) is 116 Å². The Morgan fingerprint density at radius 3 is 0.600 bits per heavy atom. The van der Waals surface area contributed by atoms with Crippen LogP contribution >= 0.6 is 0 Å². The summed E-state index contributed by atoms with van der Waals surface area (Å²) in [5.74, 6) is 0. The van der Waals surface area contributed by atoms with Gasteiger partial charge in [0.25, 0.3) is 0 Å². The third-order valence-corrected chi connectivity index (χ3v) is 0. The predicted octanol–water partition coefficient (Wildman–Crippen LogP) is -0.00720. The van der Waals surface area contributed by atoms with E-state index in [1.54, 1.807) is 0 Å². The first-order valence-electron chi connectivity index (χ1n) is 0. The van der Waals surface area contributed by atoms with Crippen LogP contribution in [0.1, 0.15) is 0 Å². The van der Waals surface area contributed by atoms with Gasteiger partial charge in [-0.1, -0.05) is 0 Å². The van der Waals surface area contributed by atoms with Gasteiger partial charge in [-0.25, -0.2) is 0 Å². The van der Waals surface area contributed by atoms with Crippen LogP contribution in [0.15, 0.2) is 0 Å². The third kappa shape index (κ3) is 18.4. The minimum Gasteiger partial charge on any atom is -2.00 e. The van der Waals surface area contributed by atoms with Crippen LogP contribution in [0.25, 0.3) is 0 Å². The summed E-state index contributed by atoms with van der Waals surface area (Å²) in [6, 6.07) is 0. The summed E-state index contributed by atoms with van der Waals surface area (Å²) < 4.78 is 0. The molecule has 0 atom stereocenters. The van der Waals surface area contributed by atoms with E-state index in [1.807, 2.05) is 0 Å². The second kappa shape index (κ2) is 25.6. The molecule has 0 aromatic carbocycles. The molecule has 5 heavy (non-hydrogen) atoms. The van der Waals surface area contributed by atoms with E-state index in [0.717, 1.165) is 0 Å². The Balaban J connectivity index is 0. The van der Waals surface area contributed by atoms with Crippen LogP contribution in [-0.2, 0) is 40.5 Å². The van der Waals surface area contributed by atoms with E-state index in [1.165, 1.54) is 0 Å². The molecule has 0 saturated carbocycles. The molecule has 0 aliphatic rings. The molecule has 0 spiro atoms.